The minimum Gasteiger partial charge on any atom is -0.357 e. The summed E-state index contributed by atoms with van der Waals surface area (Å²) >= 11 is 12.6. The van der Waals surface area contributed by atoms with Crippen molar-refractivity contribution in [3.63, 3.8) is 0 Å². The van der Waals surface area contributed by atoms with Crippen LogP contribution in [-0.2, 0) is 26.2 Å². The third-order valence-electron chi connectivity index (χ3n) is 5.89. The molecule has 1 atom stereocenters. The summed E-state index contributed by atoms with van der Waals surface area (Å²) in [6.45, 7) is 3.28. The van der Waals surface area contributed by atoms with Gasteiger partial charge >= 0.3 is 0 Å². The average Bonchev–Trinajstić information content (AvgIpc) is 2.89. The fraction of sp³-hybridized carbons (Fsp3) is 0.259. The number of hydrogen-bond donors (Lipinski definition) is 1. The first-order valence-corrected chi connectivity index (χ1v) is 13.9. The number of aryl methyl sites for hydroxylation is 1. The van der Waals surface area contributed by atoms with Gasteiger partial charge in [0.05, 0.1) is 15.6 Å². The van der Waals surface area contributed by atoms with Crippen LogP contribution in [0.5, 0.6) is 0 Å². The van der Waals surface area contributed by atoms with E-state index in [9.17, 15) is 18.0 Å². The van der Waals surface area contributed by atoms with E-state index in [1.165, 1.54) is 42.3 Å². The fourth-order valence-corrected chi connectivity index (χ4v) is 5.77. The van der Waals surface area contributed by atoms with Crippen molar-refractivity contribution in [3.8, 4) is 0 Å². The van der Waals surface area contributed by atoms with Crippen LogP contribution in [0.3, 0.4) is 0 Å². The Hall–Kier alpha value is -3.07. The maximum Gasteiger partial charge on any atom is 0.264 e. The summed E-state index contributed by atoms with van der Waals surface area (Å²) in [5.74, 6) is -0.909. The number of nitrogens with zero attached hydrogens (tertiary/aromatic N) is 2. The molecule has 0 aliphatic heterocycles. The van der Waals surface area contributed by atoms with E-state index in [1.807, 2.05) is 31.2 Å². The van der Waals surface area contributed by atoms with E-state index in [-0.39, 0.29) is 33.1 Å². The second kappa shape index (κ2) is 12.4. The Bertz CT molecular complexity index is 1350. The molecule has 0 aliphatic rings. The molecular formula is C27H29Cl2N3O4S. The van der Waals surface area contributed by atoms with E-state index in [1.54, 1.807) is 25.1 Å². The molecule has 0 saturated heterocycles. The normalized spacial score (nSPS) is 12.0. The maximum absolute atomic E-state index is 13.9. The number of rotatable bonds is 10. The Labute approximate surface area is 228 Å². The molecule has 0 bridgehead atoms. The van der Waals surface area contributed by atoms with Crippen LogP contribution in [0, 0.1) is 6.92 Å². The SMILES string of the molecule is CC[C@@H](C(=O)NC)N(Cc1ccc(C)cc1)C(=O)CN(c1cc(Cl)ccc1Cl)S(=O)(=O)c1ccccc1. The number of amides is 2. The Morgan fingerprint density at radius 3 is 2.22 bits per heavy atom. The summed E-state index contributed by atoms with van der Waals surface area (Å²) in [4.78, 5) is 28.0. The molecule has 0 spiro atoms. The van der Waals surface area contributed by atoms with Gasteiger partial charge in [0, 0.05) is 18.6 Å². The van der Waals surface area contributed by atoms with Crippen LogP contribution in [0.4, 0.5) is 5.69 Å². The number of hydrogen-bond acceptors (Lipinski definition) is 4. The highest BCUT2D eigenvalue weighted by molar-refractivity contribution is 7.92. The first-order valence-electron chi connectivity index (χ1n) is 11.7. The van der Waals surface area contributed by atoms with Gasteiger partial charge in [0.15, 0.2) is 0 Å². The van der Waals surface area contributed by atoms with Crippen LogP contribution < -0.4 is 9.62 Å². The van der Waals surface area contributed by atoms with Crippen molar-refractivity contribution in [3.05, 3.63) is 94.0 Å². The minimum absolute atomic E-state index is 0.0118. The quantitative estimate of drug-likeness (QED) is 0.375. The number of sulfonamides is 1. The van der Waals surface area contributed by atoms with E-state index in [2.05, 4.69) is 5.32 Å². The average molecular weight is 563 g/mol. The number of carbonyl (C=O) groups excluding carboxylic acids is 2. The topological polar surface area (TPSA) is 86.8 Å². The van der Waals surface area contributed by atoms with Gasteiger partial charge < -0.3 is 10.2 Å². The molecule has 3 aromatic carbocycles. The molecule has 3 aromatic rings. The summed E-state index contributed by atoms with van der Waals surface area (Å²) < 4.78 is 28.4. The molecular weight excluding hydrogens is 533 g/mol. The van der Waals surface area contributed by atoms with Crippen molar-refractivity contribution in [2.75, 3.05) is 17.9 Å². The van der Waals surface area contributed by atoms with Crippen molar-refractivity contribution in [1.82, 2.24) is 10.2 Å². The standard InChI is InChI=1S/C27H29Cl2N3O4S/c1-4-24(27(34)30-3)31(17-20-12-10-19(2)11-13-20)26(33)18-32(25-16-21(28)14-15-23(25)29)37(35,36)22-8-6-5-7-9-22/h5-16,24H,4,17-18H2,1-3H3,(H,30,34)/t24-/m0/s1. The number of halogens is 2. The Morgan fingerprint density at radius 1 is 0.973 bits per heavy atom. The van der Waals surface area contributed by atoms with Gasteiger partial charge in [-0.05, 0) is 49.2 Å². The summed E-state index contributed by atoms with van der Waals surface area (Å²) in [5.41, 5.74) is 1.92. The Kier molecular flexibility index (Phi) is 9.59. The number of benzene rings is 3. The van der Waals surface area contributed by atoms with E-state index in [0.29, 0.717) is 6.42 Å². The van der Waals surface area contributed by atoms with Gasteiger partial charge in [-0.3, -0.25) is 13.9 Å². The molecule has 7 nitrogen and oxygen atoms in total. The lowest BCUT2D eigenvalue weighted by Gasteiger charge is -2.33. The van der Waals surface area contributed by atoms with E-state index < -0.39 is 28.5 Å². The van der Waals surface area contributed by atoms with Gasteiger partial charge in [-0.2, -0.15) is 0 Å². The highest BCUT2D eigenvalue weighted by Gasteiger charge is 2.34. The van der Waals surface area contributed by atoms with Crippen molar-refractivity contribution >= 4 is 50.7 Å². The van der Waals surface area contributed by atoms with Gasteiger partial charge in [0.1, 0.15) is 12.6 Å². The largest absolute Gasteiger partial charge is 0.357 e. The zero-order chi connectivity index (χ0) is 27.2. The van der Waals surface area contributed by atoms with Crippen molar-refractivity contribution in [2.45, 2.75) is 37.8 Å². The van der Waals surface area contributed by atoms with E-state index in [4.69, 9.17) is 23.2 Å². The highest BCUT2D eigenvalue weighted by atomic mass is 35.5. The molecule has 0 radical (unpaired) electrons. The molecule has 196 valence electrons. The predicted molar refractivity (Wildman–Crippen MR) is 147 cm³/mol. The first-order chi connectivity index (χ1) is 17.6. The molecule has 3 rings (SSSR count). The van der Waals surface area contributed by atoms with Crippen molar-refractivity contribution < 1.29 is 18.0 Å². The zero-order valence-electron chi connectivity index (χ0n) is 20.8. The van der Waals surface area contributed by atoms with E-state index >= 15 is 0 Å². The smallest absolute Gasteiger partial charge is 0.264 e. The zero-order valence-corrected chi connectivity index (χ0v) is 23.1. The maximum atomic E-state index is 13.9. The van der Waals surface area contributed by atoms with E-state index in [0.717, 1.165) is 15.4 Å². The van der Waals surface area contributed by atoms with Crippen molar-refractivity contribution in [2.24, 2.45) is 0 Å². The fourth-order valence-electron chi connectivity index (χ4n) is 3.89. The highest BCUT2D eigenvalue weighted by Crippen LogP contribution is 2.33. The van der Waals surface area contributed by atoms with Crippen LogP contribution in [0.1, 0.15) is 24.5 Å². The van der Waals surface area contributed by atoms with Crippen LogP contribution in [0.25, 0.3) is 0 Å². The third kappa shape index (κ3) is 6.83. The molecule has 1 N–H and O–H groups in total. The van der Waals surface area contributed by atoms with Crippen LogP contribution in [0.2, 0.25) is 10.0 Å². The predicted octanol–water partition coefficient (Wildman–Crippen LogP) is 5.05. The van der Waals surface area contributed by atoms with Crippen LogP contribution >= 0.6 is 23.2 Å². The Morgan fingerprint density at radius 2 is 1.62 bits per heavy atom. The third-order valence-corrected chi connectivity index (χ3v) is 8.22. The van der Waals surface area contributed by atoms with Crippen molar-refractivity contribution in [1.29, 1.82) is 0 Å². The summed E-state index contributed by atoms with van der Waals surface area (Å²) in [6.07, 6.45) is 0.334. The lowest BCUT2D eigenvalue weighted by molar-refractivity contribution is -0.140. The Balaban J connectivity index is 2.09. The molecule has 0 unspecified atom stereocenters. The number of nitrogens with one attached hydrogen (secondary N) is 1. The molecule has 37 heavy (non-hydrogen) atoms. The molecule has 0 fully saturated rings. The lowest BCUT2D eigenvalue weighted by Crippen LogP contribution is -2.51. The summed E-state index contributed by atoms with van der Waals surface area (Å²) in [7, 11) is -2.72. The van der Waals surface area contributed by atoms with Gasteiger partial charge in [-0.1, -0.05) is 78.2 Å². The molecule has 0 heterocycles. The second-order valence-electron chi connectivity index (χ2n) is 8.47. The molecule has 0 aromatic heterocycles. The van der Waals surface area contributed by atoms with Gasteiger partial charge in [0.2, 0.25) is 11.8 Å². The summed E-state index contributed by atoms with van der Waals surface area (Å²) in [5, 5.41) is 2.97. The number of likely N-dealkylation sites (N-methyl/N-ethyl adjacent to an activating group) is 1. The van der Waals surface area contributed by atoms with Gasteiger partial charge in [0.25, 0.3) is 10.0 Å². The molecule has 2 amide bonds. The van der Waals surface area contributed by atoms with Gasteiger partial charge in [-0.25, -0.2) is 8.42 Å². The lowest BCUT2D eigenvalue weighted by atomic mass is 10.1. The number of anilines is 1. The van der Waals surface area contributed by atoms with Gasteiger partial charge in [-0.15, -0.1) is 0 Å². The minimum atomic E-state index is -4.22. The molecule has 0 saturated carbocycles. The molecule has 10 heteroatoms. The summed E-state index contributed by atoms with van der Waals surface area (Å²) in [6, 6.07) is 18.9. The van der Waals surface area contributed by atoms with Crippen LogP contribution in [-0.4, -0.2) is 44.8 Å². The first kappa shape index (κ1) is 28.5. The molecule has 0 aliphatic carbocycles. The number of carbonyl (C=O) groups is 2. The monoisotopic (exact) mass is 561 g/mol. The van der Waals surface area contributed by atoms with Crippen LogP contribution in [0.15, 0.2) is 77.7 Å². The second-order valence-corrected chi connectivity index (χ2v) is 11.2.